The predicted octanol–water partition coefficient (Wildman–Crippen LogP) is 2.94. The lowest BCUT2D eigenvalue weighted by Crippen LogP contribution is -2.47. The maximum atomic E-state index is 6.22. The van der Waals surface area contributed by atoms with Gasteiger partial charge in [-0.05, 0) is 37.5 Å². The van der Waals surface area contributed by atoms with Crippen LogP contribution in [0, 0.1) is 11.3 Å². The topological polar surface area (TPSA) is 26.0 Å². The summed E-state index contributed by atoms with van der Waals surface area (Å²) < 4.78 is 0. The fourth-order valence-corrected chi connectivity index (χ4v) is 3.04. The number of rotatable bonds is 1. The summed E-state index contributed by atoms with van der Waals surface area (Å²) in [7, 11) is 0. The Morgan fingerprint density at radius 1 is 1.25 bits per heavy atom. The molecule has 0 bridgehead atoms. The minimum atomic E-state index is 0.0857. The highest BCUT2D eigenvalue weighted by molar-refractivity contribution is 4.94. The number of nitrogens with two attached hydrogens (primary N) is 1. The van der Waals surface area contributed by atoms with Crippen molar-refractivity contribution < 1.29 is 0 Å². The standard InChI is InChI=1S/C11H23N/c1-5-9-6-10(2,3)8-11(4,12)7-9/h9H,5-8,12H2,1-4H3/t9-,11-/m1/s1. The van der Waals surface area contributed by atoms with Gasteiger partial charge in [0.25, 0.3) is 0 Å². The van der Waals surface area contributed by atoms with Gasteiger partial charge >= 0.3 is 0 Å². The Kier molecular flexibility index (Phi) is 2.53. The monoisotopic (exact) mass is 169 g/mol. The van der Waals surface area contributed by atoms with Crippen LogP contribution in [-0.4, -0.2) is 5.54 Å². The van der Waals surface area contributed by atoms with Crippen molar-refractivity contribution in [3.63, 3.8) is 0 Å². The summed E-state index contributed by atoms with van der Waals surface area (Å²) in [5.74, 6) is 0.851. The molecule has 1 saturated carbocycles. The Labute approximate surface area is 76.7 Å². The summed E-state index contributed by atoms with van der Waals surface area (Å²) in [6.45, 7) is 9.18. The Balaban J connectivity index is 2.66. The van der Waals surface area contributed by atoms with Gasteiger partial charge in [-0.25, -0.2) is 0 Å². The molecule has 0 aromatic carbocycles. The molecule has 2 atom stereocenters. The third kappa shape index (κ3) is 2.48. The molecule has 0 aliphatic heterocycles. The molecule has 0 heterocycles. The van der Waals surface area contributed by atoms with Crippen LogP contribution in [-0.2, 0) is 0 Å². The first-order valence-electron chi connectivity index (χ1n) is 5.13. The maximum absolute atomic E-state index is 6.22. The third-order valence-electron chi connectivity index (χ3n) is 3.06. The van der Waals surface area contributed by atoms with Gasteiger partial charge in [0.1, 0.15) is 0 Å². The summed E-state index contributed by atoms with van der Waals surface area (Å²) >= 11 is 0. The van der Waals surface area contributed by atoms with E-state index < -0.39 is 0 Å². The molecule has 1 nitrogen and oxygen atoms in total. The SMILES string of the molecule is CC[C@@H]1CC(C)(C)C[C@](C)(N)C1. The van der Waals surface area contributed by atoms with E-state index in [0.29, 0.717) is 5.41 Å². The Morgan fingerprint density at radius 2 is 1.83 bits per heavy atom. The first kappa shape index (κ1) is 10.0. The van der Waals surface area contributed by atoms with Crippen molar-refractivity contribution in [1.82, 2.24) is 0 Å². The zero-order valence-corrected chi connectivity index (χ0v) is 8.98. The van der Waals surface area contributed by atoms with Crippen LogP contribution in [0.1, 0.15) is 53.4 Å². The highest BCUT2D eigenvalue weighted by atomic mass is 14.7. The molecule has 0 unspecified atom stereocenters. The fraction of sp³-hybridized carbons (Fsp3) is 1.00. The summed E-state index contributed by atoms with van der Waals surface area (Å²) in [4.78, 5) is 0. The van der Waals surface area contributed by atoms with Crippen molar-refractivity contribution in [2.24, 2.45) is 17.1 Å². The lowest BCUT2D eigenvalue weighted by atomic mass is 9.64. The van der Waals surface area contributed by atoms with Crippen LogP contribution in [0.15, 0.2) is 0 Å². The van der Waals surface area contributed by atoms with Gasteiger partial charge in [0.05, 0.1) is 0 Å². The molecule has 0 spiro atoms. The molecule has 1 heteroatoms. The van der Waals surface area contributed by atoms with E-state index in [9.17, 15) is 0 Å². The largest absolute Gasteiger partial charge is 0.325 e. The Morgan fingerprint density at radius 3 is 2.25 bits per heavy atom. The molecule has 72 valence electrons. The van der Waals surface area contributed by atoms with Gasteiger partial charge in [-0.15, -0.1) is 0 Å². The van der Waals surface area contributed by atoms with E-state index in [-0.39, 0.29) is 5.54 Å². The van der Waals surface area contributed by atoms with Gasteiger partial charge in [-0.1, -0.05) is 27.2 Å². The van der Waals surface area contributed by atoms with E-state index in [1.165, 1.54) is 25.7 Å². The average molecular weight is 169 g/mol. The van der Waals surface area contributed by atoms with E-state index in [4.69, 9.17) is 5.73 Å². The van der Waals surface area contributed by atoms with Crippen LogP contribution >= 0.6 is 0 Å². The van der Waals surface area contributed by atoms with Crippen LogP contribution in [0.4, 0.5) is 0 Å². The van der Waals surface area contributed by atoms with Gasteiger partial charge in [0.2, 0.25) is 0 Å². The first-order valence-corrected chi connectivity index (χ1v) is 5.13. The second-order valence-electron chi connectivity index (χ2n) is 5.68. The first-order chi connectivity index (χ1) is 5.35. The van der Waals surface area contributed by atoms with Gasteiger partial charge in [-0.2, -0.15) is 0 Å². The molecular formula is C11H23N. The van der Waals surface area contributed by atoms with Crippen LogP contribution in [0.25, 0.3) is 0 Å². The lowest BCUT2D eigenvalue weighted by molar-refractivity contribution is 0.108. The highest BCUT2D eigenvalue weighted by Gasteiger charge is 2.37. The molecule has 0 saturated heterocycles. The zero-order valence-electron chi connectivity index (χ0n) is 8.98. The van der Waals surface area contributed by atoms with Crippen molar-refractivity contribution in [2.45, 2.75) is 58.9 Å². The molecule has 1 aliphatic rings. The van der Waals surface area contributed by atoms with Crippen molar-refractivity contribution >= 4 is 0 Å². The van der Waals surface area contributed by atoms with E-state index in [1.807, 2.05) is 0 Å². The average Bonchev–Trinajstić information content (AvgIpc) is 1.80. The molecule has 1 rings (SSSR count). The quantitative estimate of drug-likeness (QED) is 0.641. The van der Waals surface area contributed by atoms with E-state index >= 15 is 0 Å². The molecule has 0 amide bonds. The molecule has 1 aliphatic carbocycles. The van der Waals surface area contributed by atoms with Gasteiger partial charge in [-0.3, -0.25) is 0 Å². The van der Waals surface area contributed by atoms with Crippen molar-refractivity contribution in [3.05, 3.63) is 0 Å². The summed E-state index contributed by atoms with van der Waals surface area (Å²) in [5.41, 5.74) is 6.77. The van der Waals surface area contributed by atoms with Gasteiger partial charge in [0.15, 0.2) is 0 Å². The van der Waals surface area contributed by atoms with Gasteiger partial charge < -0.3 is 5.73 Å². The highest BCUT2D eigenvalue weighted by Crippen LogP contribution is 2.43. The summed E-state index contributed by atoms with van der Waals surface area (Å²) in [5, 5.41) is 0. The molecule has 1 fully saturated rings. The van der Waals surface area contributed by atoms with Crippen LogP contribution in [0.2, 0.25) is 0 Å². The molecule has 0 radical (unpaired) electrons. The Hall–Kier alpha value is -0.0400. The Bertz CT molecular complexity index is 142. The molecular weight excluding hydrogens is 146 g/mol. The van der Waals surface area contributed by atoms with Gasteiger partial charge in [0, 0.05) is 5.54 Å². The smallest absolute Gasteiger partial charge is 0.0133 e. The minimum Gasteiger partial charge on any atom is -0.325 e. The third-order valence-corrected chi connectivity index (χ3v) is 3.06. The summed E-state index contributed by atoms with van der Waals surface area (Å²) in [6.07, 6.45) is 5.04. The van der Waals surface area contributed by atoms with E-state index in [1.54, 1.807) is 0 Å². The molecule has 0 aromatic heterocycles. The molecule has 0 aromatic rings. The normalized spacial score (nSPS) is 41.2. The fourth-order valence-electron chi connectivity index (χ4n) is 3.04. The van der Waals surface area contributed by atoms with Crippen LogP contribution in [0.3, 0.4) is 0 Å². The van der Waals surface area contributed by atoms with Crippen LogP contribution in [0.5, 0.6) is 0 Å². The summed E-state index contributed by atoms with van der Waals surface area (Å²) in [6, 6.07) is 0. The second kappa shape index (κ2) is 3.02. The molecule has 2 N–H and O–H groups in total. The minimum absolute atomic E-state index is 0.0857. The van der Waals surface area contributed by atoms with Crippen molar-refractivity contribution in [2.75, 3.05) is 0 Å². The second-order valence-corrected chi connectivity index (χ2v) is 5.68. The zero-order chi connectivity index (χ0) is 9.41. The lowest BCUT2D eigenvalue weighted by Gasteiger charge is -2.44. The predicted molar refractivity (Wildman–Crippen MR) is 54.0 cm³/mol. The molecule has 12 heavy (non-hydrogen) atoms. The van der Waals surface area contributed by atoms with Crippen molar-refractivity contribution in [3.8, 4) is 0 Å². The number of hydrogen-bond acceptors (Lipinski definition) is 1. The number of hydrogen-bond donors (Lipinski definition) is 1. The van der Waals surface area contributed by atoms with Crippen molar-refractivity contribution in [1.29, 1.82) is 0 Å². The van der Waals surface area contributed by atoms with Crippen LogP contribution < -0.4 is 5.73 Å². The maximum Gasteiger partial charge on any atom is 0.0133 e. The van der Waals surface area contributed by atoms with E-state index in [2.05, 4.69) is 27.7 Å². The van der Waals surface area contributed by atoms with E-state index in [0.717, 1.165) is 5.92 Å².